The Kier molecular flexibility index (Phi) is 5.44. The Morgan fingerprint density at radius 2 is 1.71 bits per heavy atom. The second-order valence-corrected chi connectivity index (χ2v) is 8.02. The van der Waals surface area contributed by atoms with Crippen molar-refractivity contribution >= 4 is 11.6 Å². The molecule has 1 amide bonds. The molecule has 8 heteroatoms. The molecule has 0 bridgehead atoms. The van der Waals surface area contributed by atoms with Gasteiger partial charge in [0.2, 0.25) is 5.88 Å². The van der Waals surface area contributed by atoms with Gasteiger partial charge in [-0.15, -0.1) is 5.10 Å². The standard InChI is InChI=1S/C23H22N6O2/c1-23(2,3)17-5-11-20(12-6-17)31-21-13-4-16(14-24-21)22(30)26-18-7-9-19(10-8-18)29-15-25-27-28-29/h4-15H,1-3H3,(H,26,30). The average molecular weight is 414 g/mol. The van der Waals surface area contributed by atoms with Crippen LogP contribution in [0.2, 0.25) is 0 Å². The van der Waals surface area contributed by atoms with Crippen LogP contribution in [0.4, 0.5) is 5.69 Å². The van der Waals surface area contributed by atoms with Gasteiger partial charge in [-0.05, 0) is 63.9 Å². The summed E-state index contributed by atoms with van der Waals surface area (Å²) in [4.78, 5) is 16.7. The lowest BCUT2D eigenvalue weighted by Gasteiger charge is -2.19. The van der Waals surface area contributed by atoms with Crippen LogP contribution in [-0.2, 0) is 5.41 Å². The summed E-state index contributed by atoms with van der Waals surface area (Å²) in [5, 5.41) is 13.9. The minimum absolute atomic E-state index is 0.0830. The molecule has 2 heterocycles. The predicted molar refractivity (Wildman–Crippen MR) is 117 cm³/mol. The van der Waals surface area contributed by atoms with Crippen molar-refractivity contribution in [3.8, 4) is 17.3 Å². The van der Waals surface area contributed by atoms with E-state index in [2.05, 4.69) is 46.6 Å². The zero-order valence-corrected chi connectivity index (χ0v) is 17.5. The average Bonchev–Trinajstić information content (AvgIpc) is 3.29. The summed E-state index contributed by atoms with van der Waals surface area (Å²) in [5.41, 5.74) is 3.19. The first-order valence-electron chi connectivity index (χ1n) is 9.78. The second kappa shape index (κ2) is 8.35. The normalized spacial score (nSPS) is 11.2. The summed E-state index contributed by atoms with van der Waals surface area (Å²) < 4.78 is 7.32. The zero-order valence-electron chi connectivity index (χ0n) is 17.5. The van der Waals surface area contributed by atoms with Crippen LogP contribution in [0.15, 0.2) is 73.2 Å². The second-order valence-electron chi connectivity index (χ2n) is 8.02. The van der Waals surface area contributed by atoms with Crippen LogP contribution in [0.3, 0.4) is 0 Å². The Balaban J connectivity index is 1.38. The van der Waals surface area contributed by atoms with Gasteiger partial charge in [0.25, 0.3) is 5.91 Å². The number of nitrogens with one attached hydrogen (secondary N) is 1. The van der Waals surface area contributed by atoms with Gasteiger partial charge in [0.15, 0.2) is 0 Å². The highest BCUT2D eigenvalue weighted by Crippen LogP contribution is 2.26. The first-order valence-corrected chi connectivity index (χ1v) is 9.78. The van der Waals surface area contributed by atoms with Crippen molar-refractivity contribution in [1.82, 2.24) is 25.2 Å². The van der Waals surface area contributed by atoms with Crippen molar-refractivity contribution in [3.05, 3.63) is 84.3 Å². The van der Waals surface area contributed by atoms with E-state index in [9.17, 15) is 4.79 Å². The molecule has 4 aromatic rings. The van der Waals surface area contributed by atoms with Gasteiger partial charge in [0, 0.05) is 18.0 Å². The molecule has 4 rings (SSSR count). The number of ether oxygens (including phenoxy) is 1. The number of pyridine rings is 1. The molecule has 0 atom stereocenters. The third-order valence-electron chi connectivity index (χ3n) is 4.68. The molecule has 1 N–H and O–H groups in total. The molecule has 0 saturated heterocycles. The monoisotopic (exact) mass is 414 g/mol. The third-order valence-corrected chi connectivity index (χ3v) is 4.68. The molecular weight excluding hydrogens is 392 g/mol. The number of nitrogens with zero attached hydrogens (tertiary/aromatic N) is 5. The van der Waals surface area contributed by atoms with Crippen LogP contribution in [-0.4, -0.2) is 31.1 Å². The lowest BCUT2D eigenvalue weighted by molar-refractivity contribution is 0.102. The van der Waals surface area contributed by atoms with Gasteiger partial charge < -0.3 is 10.1 Å². The van der Waals surface area contributed by atoms with Crippen LogP contribution >= 0.6 is 0 Å². The lowest BCUT2D eigenvalue weighted by atomic mass is 9.87. The van der Waals surface area contributed by atoms with Gasteiger partial charge in [-0.2, -0.15) is 0 Å². The number of hydrogen-bond donors (Lipinski definition) is 1. The number of tetrazole rings is 1. The maximum Gasteiger partial charge on any atom is 0.257 e. The summed E-state index contributed by atoms with van der Waals surface area (Å²) >= 11 is 0. The number of carbonyl (C=O) groups excluding carboxylic acids is 1. The Morgan fingerprint density at radius 1 is 0.968 bits per heavy atom. The fraction of sp³-hybridized carbons (Fsp3) is 0.174. The summed E-state index contributed by atoms with van der Waals surface area (Å²) in [6.45, 7) is 6.49. The van der Waals surface area contributed by atoms with E-state index in [-0.39, 0.29) is 11.3 Å². The Labute approximate surface area is 179 Å². The Bertz CT molecular complexity index is 1150. The van der Waals surface area contributed by atoms with Crippen LogP contribution in [0.25, 0.3) is 5.69 Å². The Hall–Kier alpha value is -4.07. The number of anilines is 1. The zero-order chi connectivity index (χ0) is 21.8. The van der Waals surface area contributed by atoms with Crippen molar-refractivity contribution in [3.63, 3.8) is 0 Å². The molecule has 0 unspecified atom stereocenters. The summed E-state index contributed by atoms with van der Waals surface area (Å²) in [5.74, 6) is 0.856. The molecule has 31 heavy (non-hydrogen) atoms. The molecular formula is C23H22N6O2. The van der Waals surface area contributed by atoms with E-state index in [0.717, 1.165) is 5.69 Å². The molecule has 2 aromatic heterocycles. The summed E-state index contributed by atoms with van der Waals surface area (Å²) in [7, 11) is 0. The number of amides is 1. The summed E-state index contributed by atoms with van der Waals surface area (Å²) in [6.07, 6.45) is 2.99. The molecule has 156 valence electrons. The van der Waals surface area contributed by atoms with Gasteiger partial charge in [-0.1, -0.05) is 32.9 Å². The third kappa shape index (κ3) is 4.92. The van der Waals surface area contributed by atoms with Crippen LogP contribution < -0.4 is 10.1 Å². The highest BCUT2D eigenvalue weighted by Gasteiger charge is 2.13. The molecule has 0 fully saturated rings. The molecule has 0 saturated carbocycles. The number of rotatable bonds is 5. The largest absolute Gasteiger partial charge is 0.439 e. The fourth-order valence-electron chi connectivity index (χ4n) is 2.90. The van der Waals surface area contributed by atoms with E-state index in [4.69, 9.17) is 4.74 Å². The predicted octanol–water partition coefficient (Wildman–Crippen LogP) is 4.40. The molecule has 0 spiro atoms. The van der Waals surface area contributed by atoms with Gasteiger partial charge in [0.05, 0.1) is 11.3 Å². The van der Waals surface area contributed by atoms with E-state index in [0.29, 0.717) is 22.9 Å². The SMILES string of the molecule is CC(C)(C)c1ccc(Oc2ccc(C(=O)Nc3ccc(-n4cnnn4)cc3)cn2)cc1. The first kappa shape index (κ1) is 20.2. The highest BCUT2D eigenvalue weighted by molar-refractivity contribution is 6.04. The number of carbonyl (C=O) groups is 1. The van der Waals surface area contributed by atoms with Crippen molar-refractivity contribution < 1.29 is 9.53 Å². The summed E-state index contributed by atoms with van der Waals surface area (Å²) in [6, 6.07) is 18.5. The van der Waals surface area contributed by atoms with Crippen LogP contribution in [0.5, 0.6) is 11.6 Å². The van der Waals surface area contributed by atoms with E-state index < -0.39 is 0 Å². The van der Waals surface area contributed by atoms with Crippen molar-refractivity contribution in [1.29, 1.82) is 0 Å². The van der Waals surface area contributed by atoms with E-state index in [1.54, 1.807) is 24.3 Å². The maximum atomic E-state index is 12.5. The smallest absolute Gasteiger partial charge is 0.257 e. The van der Waals surface area contributed by atoms with E-state index in [1.807, 2.05) is 36.4 Å². The molecule has 0 aliphatic heterocycles. The molecule has 0 aliphatic rings. The van der Waals surface area contributed by atoms with Crippen molar-refractivity contribution in [2.75, 3.05) is 5.32 Å². The van der Waals surface area contributed by atoms with Crippen LogP contribution in [0, 0.1) is 0 Å². The fourth-order valence-corrected chi connectivity index (χ4v) is 2.90. The van der Waals surface area contributed by atoms with Crippen molar-refractivity contribution in [2.24, 2.45) is 0 Å². The van der Waals surface area contributed by atoms with E-state index >= 15 is 0 Å². The van der Waals surface area contributed by atoms with E-state index in [1.165, 1.54) is 22.8 Å². The van der Waals surface area contributed by atoms with Crippen LogP contribution in [0.1, 0.15) is 36.7 Å². The quantitative estimate of drug-likeness (QED) is 0.520. The molecule has 0 radical (unpaired) electrons. The molecule has 8 nitrogen and oxygen atoms in total. The number of benzene rings is 2. The first-order chi connectivity index (χ1) is 14.9. The van der Waals surface area contributed by atoms with Gasteiger partial charge in [-0.3, -0.25) is 4.79 Å². The number of hydrogen-bond acceptors (Lipinski definition) is 6. The minimum atomic E-state index is -0.260. The Morgan fingerprint density at radius 3 is 2.29 bits per heavy atom. The topological polar surface area (TPSA) is 94.8 Å². The minimum Gasteiger partial charge on any atom is -0.439 e. The van der Waals surface area contributed by atoms with Gasteiger partial charge >= 0.3 is 0 Å². The number of aromatic nitrogens is 5. The lowest BCUT2D eigenvalue weighted by Crippen LogP contribution is -2.12. The molecule has 0 aliphatic carbocycles. The van der Waals surface area contributed by atoms with Crippen molar-refractivity contribution in [2.45, 2.75) is 26.2 Å². The molecule has 2 aromatic carbocycles. The van der Waals surface area contributed by atoms with Gasteiger partial charge in [-0.25, -0.2) is 9.67 Å². The van der Waals surface area contributed by atoms with Gasteiger partial charge in [0.1, 0.15) is 12.1 Å². The maximum absolute atomic E-state index is 12.5. The highest BCUT2D eigenvalue weighted by atomic mass is 16.5.